The molecule has 0 aliphatic heterocycles. The highest BCUT2D eigenvalue weighted by atomic mass is 31.1. The summed E-state index contributed by atoms with van der Waals surface area (Å²) in [7, 11) is -1.05. The SMILES string of the molecule is CN(C=O)C[P+](=O)[O-]. The standard InChI is InChI=1S/C3H6NO3P/c1-4(2-5)3-8(6)7/h2H,3H2,1H3. The van der Waals surface area contributed by atoms with Crippen LogP contribution in [0.3, 0.4) is 0 Å². The Hall–Kier alpha value is -0.470. The Kier molecular flexibility index (Phi) is 3.31. The van der Waals surface area contributed by atoms with Crippen molar-refractivity contribution < 1.29 is 14.3 Å². The van der Waals surface area contributed by atoms with E-state index in [1.807, 2.05) is 0 Å². The average Bonchev–Trinajstić information content (AvgIpc) is 1.65. The van der Waals surface area contributed by atoms with Gasteiger partial charge in [0.25, 0.3) is 0 Å². The molecule has 1 unspecified atom stereocenters. The van der Waals surface area contributed by atoms with Gasteiger partial charge in [-0.3, -0.25) is 4.79 Å². The third kappa shape index (κ3) is 3.71. The summed E-state index contributed by atoms with van der Waals surface area (Å²) in [5.41, 5.74) is 0. The Morgan fingerprint density at radius 3 is 2.50 bits per heavy atom. The molecule has 0 rings (SSSR count). The molecule has 0 radical (unpaired) electrons. The number of amides is 1. The zero-order chi connectivity index (χ0) is 6.57. The van der Waals surface area contributed by atoms with Crippen molar-refractivity contribution in [3.05, 3.63) is 0 Å². The van der Waals surface area contributed by atoms with Crippen LogP contribution in [0.2, 0.25) is 0 Å². The van der Waals surface area contributed by atoms with Gasteiger partial charge in [-0.15, -0.1) is 0 Å². The summed E-state index contributed by atoms with van der Waals surface area (Å²) < 4.78 is 9.81. The summed E-state index contributed by atoms with van der Waals surface area (Å²) in [6.07, 6.45) is 0.268. The fourth-order valence-electron chi connectivity index (χ4n) is 0.215. The maximum atomic E-state index is 9.81. The highest BCUT2D eigenvalue weighted by molar-refractivity contribution is 7.36. The highest BCUT2D eigenvalue weighted by Gasteiger charge is 2.01. The molecule has 0 aliphatic carbocycles. The molecule has 1 atom stereocenters. The zero-order valence-electron chi connectivity index (χ0n) is 4.40. The van der Waals surface area contributed by atoms with E-state index in [-0.39, 0.29) is 6.29 Å². The molecule has 0 bridgehead atoms. The van der Waals surface area contributed by atoms with Gasteiger partial charge < -0.3 is 9.79 Å². The molecule has 0 aromatic rings. The molecule has 8 heavy (non-hydrogen) atoms. The van der Waals surface area contributed by atoms with Gasteiger partial charge in [-0.2, -0.15) is 0 Å². The molecule has 0 aliphatic rings. The van der Waals surface area contributed by atoms with E-state index >= 15 is 0 Å². The van der Waals surface area contributed by atoms with E-state index in [9.17, 15) is 14.3 Å². The second kappa shape index (κ2) is 3.52. The molecule has 0 saturated carbocycles. The van der Waals surface area contributed by atoms with Crippen LogP contribution in [-0.4, -0.2) is 24.6 Å². The topological polar surface area (TPSA) is 60.4 Å². The average molecular weight is 135 g/mol. The number of carbonyl (C=O) groups excluding carboxylic acids is 1. The van der Waals surface area contributed by atoms with Crippen molar-refractivity contribution in [2.75, 3.05) is 13.3 Å². The number of carbonyl (C=O) groups is 1. The van der Waals surface area contributed by atoms with E-state index in [0.717, 1.165) is 4.90 Å². The van der Waals surface area contributed by atoms with Crippen molar-refractivity contribution in [3.63, 3.8) is 0 Å². The quantitative estimate of drug-likeness (QED) is 0.373. The minimum atomic E-state index is -2.45. The summed E-state index contributed by atoms with van der Waals surface area (Å²) in [4.78, 5) is 20.6. The molecule has 0 spiro atoms. The Labute approximate surface area is 48.0 Å². The third-order valence-electron chi connectivity index (χ3n) is 0.518. The smallest absolute Gasteiger partial charge is 0.330 e. The van der Waals surface area contributed by atoms with E-state index in [1.54, 1.807) is 0 Å². The molecule has 0 N–H and O–H groups in total. The molecule has 0 saturated heterocycles. The Bertz CT molecular complexity index is 105. The molecule has 4 nitrogen and oxygen atoms in total. The first kappa shape index (κ1) is 7.53. The van der Waals surface area contributed by atoms with Crippen LogP contribution in [0.5, 0.6) is 0 Å². The Morgan fingerprint density at radius 2 is 2.38 bits per heavy atom. The van der Waals surface area contributed by atoms with E-state index in [0.29, 0.717) is 6.41 Å². The molecule has 5 heteroatoms. The molecule has 0 fully saturated rings. The van der Waals surface area contributed by atoms with Crippen molar-refractivity contribution in [3.8, 4) is 0 Å². The Morgan fingerprint density at radius 1 is 1.88 bits per heavy atom. The van der Waals surface area contributed by atoms with E-state index in [2.05, 4.69) is 0 Å². The van der Waals surface area contributed by atoms with Crippen LogP contribution in [0.25, 0.3) is 0 Å². The number of hydrogen-bond acceptors (Lipinski definition) is 3. The molecule has 0 aromatic heterocycles. The van der Waals surface area contributed by atoms with Gasteiger partial charge in [0.1, 0.15) is 0 Å². The van der Waals surface area contributed by atoms with Crippen LogP contribution in [0, 0.1) is 0 Å². The first-order valence-corrected chi connectivity index (χ1v) is 3.30. The van der Waals surface area contributed by atoms with Gasteiger partial charge in [0.2, 0.25) is 12.7 Å². The maximum absolute atomic E-state index is 9.81. The summed E-state index contributed by atoms with van der Waals surface area (Å²) in [5, 5.41) is 0. The lowest BCUT2D eigenvalue weighted by Crippen LogP contribution is -2.16. The van der Waals surface area contributed by atoms with Gasteiger partial charge in [-0.05, 0) is 0 Å². The van der Waals surface area contributed by atoms with Crippen LogP contribution < -0.4 is 4.89 Å². The number of rotatable bonds is 3. The first-order chi connectivity index (χ1) is 3.66. The monoisotopic (exact) mass is 135 g/mol. The molecule has 1 amide bonds. The third-order valence-corrected chi connectivity index (χ3v) is 1.20. The Balaban J connectivity index is 3.38. The van der Waals surface area contributed by atoms with Crippen molar-refractivity contribution >= 4 is 14.4 Å². The van der Waals surface area contributed by atoms with Crippen molar-refractivity contribution in [2.45, 2.75) is 0 Å². The predicted octanol–water partition coefficient (Wildman–Crippen LogP) is -0.865. The number of nitrogens with zero attached hydrogens (tertiary/aromatic N) is 1. The minimum absolute atomic E-state index is 0.196. The largest absolute Gasteiger partial charge is 0.594 e. The lowest BCUT2D eigenvalue weighted by molar-refractivity contribution is -0.166. The van der Waals surface area contributed by atoms with Crippen molar-refractivity contribution in [1.82, 2.24) is 4.90 Å². The lowest BCUT2D eigenvalue weighted by atomic mass is 11.0. The minimum Gasteiger partial charge on any atom is -0.594 e. The molecule has 46 valence electrons. The normalized spacial score (nSPS) is 10.5. The zero-order valence-corrected chi connectivity index (χ0v) is 5.30. The van der Waals surface area contributed by atoms with Gasteiger partial charge in [0.15, 0.2) is 0 Å². The fraction of sp³-hybridized carbons (Fsp3) is 0.667. The first-order valence-electron chi connectivity index (χ1n) is 1.94. The second-order valence-electron chi connectivity index (χ2n) is 1.34. The van der Waals surface area contributed by atoms with Gasteiger partial charge in [0.05, 0.1) is 0 Å². The molecular weight excluding hydrogens is 129 g/mol. The van der Waals surface area contributed by atoms with E-state index in [1.165, 1.54) is 7.05 Å². The van der Waals surface area contributed by atoms with Crippen LogP contribution in [-0.2, 0) is 9.36 Å². The fourth-order valence-corrected chi connectivity index (χ4v) is 0.646. The summed E-state index contributed by atoms with van der Waals surface area (Å²) >= 11 is 0. The number of hydrogen-bond donors (Lipinski definition) is 0. The second-order valence-corrected chi connectivity index (χ2v) is 2.28. The molecular formula is C3H6NO3P. The predicted molar refractivity (Wildman–Crippen MR) is 26.3 cm³/mol. The van der Waals surface area contributed by atoms with Gasteiger partial charge in [-0.1, -0.05) is 4.57 Å². The summed E-state index contributed by atoms with van der Waals surface area (Å²) in [6, 6.07) is 0. The van der Waals surface area contributed by atoms with Crippen molar-refractivity contribution in [2.24, 2.45) is 0 Å². The van der Waals surface area contributed by atoms with Crippen LogP contribution >= 0.6 is 8.03 Å². The molecule has 0 heterocycles. The van der Waals surface area contributed by atoms with E-state index < -0.39 is 8.03 Å². The van der Waals surface area contributed by atoms with Crippen LogP contribution in [0.4, 0.5) is 0 Å². The van der Waals surface area contributed by atoms with Crippen LogP contribution in [0.1, 0.15) is 0 Å². The van der Waals surface area contributed by atoms with Gasteiger partial charge in [-0.25, -0.2) is 0 Å². The maximum Gasteiger partial charge on any atom is 0.330 e. The summed E-state index contributed by atoms with van der Waals surface area (Å²) in [6.45, 7) is 0. The van der Waals surface area contributed by atoms with Crippen molar-refractivity contribution in [1.29, 1.82) is 0 Å². The van der Waals surface area contributed by atoms with Gasteiger partial charge >= 0.3 is 8.03 Å². The lowest BCUT2D eigenvalue weighted by Gasteiger charge is -2.00. The summed E-state index contributed by atoms with van der Waals surface area (Å²) in [5.74, 6) is 0. The highest BCUT2D eigenvalue weighted by Crippen LogP contribution is 2.05. The molecule has 0 aromatic carbocycles. The van der Waals surface area contributed by atoms with Gasteiger partial charge in [0, 0.05) is 7.05 Å². The van der Waals surface area contributed by atoms with Crippen LogP contribution in [0.15, 0.2) is 0 Å². The van der Waals surface area contributed by atoms with E-state index in [4.69, 9.17) is 0 Å².